The number of anilines is 2. The van der Waals surface area contributed by atoms with Crippen molar-refractivity contribution in [3.05, 3.63) is 89.5 Å². The molecule has 5 nitrogen and oxygen atoms in total. The van der Waals surface area contributed by atoms with Gasteiger partial charge in [-0.3, -0.25) is 9.69 Å². The Labute approximate surface area is 150 Å². The molecule has 2 N–H and O–H groups in total. The van der Waals surface area contributed by atoms with E-state index in [0.717, 1.165) is 0 Å². The van der Waals surface area contributed by atoms with Crippen LogP contribution < -0.4 is 4.90 Å². The molecule has 0 fully saturated rings. The number of hydrogen-bond acceptors (Lipinski definition) is 3. The Morgan fingerprint density at radius 1 is 0.846 bits per heavy atom. The van der Waals surface area contributed by atoms with Gasteiger partial charge in [-0.05, 0) is 55.0 Å². The minimum absolute atomic E-state index is 0.0178. The summed E-state index contributed by atoms with van der Waals surface area (Å²) >= 11 is 0. The Balaban J connectivity index is 2.23. The number of benzene rings is 3. The van der Waals surface area contributed by atoms with Gasteiger partial charge in [-0.1, -0.05) is 30.3 Å². The van der Waals surface area contributed by atoms with Crippen molar-refractivity contribution < 1.29 is 19.8 Å². The van der Waals surface area contributed by atoms with E-state index in [1.807, 2.05) is 0 Å². The van der Waals surface area contributed by atoms with E-state index >= 15 is 0 Å². The summed E-state index contributed by atoms with van der Waals surface area (Å²) < 4.78 is 0. The molecule has 0 radical (unpaired) electrons. The summed E-state index contributed by atoms with van der Waals surface area (Å²) in [6.07, 6.45) is 0. The average Bonchev–Trinajstić information content (AvgIpc) is 2.64. The summed E-state index contributed by atoms with van der Waals surface area (Å²) in [6.45, 7) is 1.75. The topological polar surface area (TPSA) is 77.8 Å². The average molecular weight is 347 g/mol. The number of carboxylic acids is 1. The Hall–Kier alpha value is -3.60. The van der Waals surface area contributed by atoms with E-state index < -0.39 is 5.97 Å². The summed E-state index contributed by atoms with van der Waals surface area (Å²) in [5.41, 5.74) is 1.87. The number of nitrogens with zero attached hydrogens (tertiary/aromatic N) is 1. The van der Waals surface area contributed by atoms with Crippen LogP contribution in [-0.2, 0) is 0 Å². The molecule has 0 aliphatic carbocycles. The standard InChI is InChI=1S/C21H17NO4/c1-14-13-16(23)11-12-18(14)22(20(24)15-7-3-2-4-8-15)19-10-6-5-9-17(19)21(25)26/h2-13,23H,1H3,(H,25,26). The van der Waals surface area contributed by atoms with Crippen LogP contribution in [0.25, 0.3) is 0 Å². The van der Waals surface area contributed by atoms with Crippen molar-refractivity contribution >= 4 is 23.3 Å². The maximum absolute atomic E-state index is 13.2. The molecular weight excluding hydrogens is 330 g/mol. The Morgan fingerprint density at radius 3 is 2.15 bits per heavy atom. The Kier molecular flexibility index (Phi) is 4.71. The summed E-state index contributed by atoms with van der Waals surface area (Å²) in [6, 6.07) is 19.6. The molecular formula is C21H17NO4. The molecule has 0 heterocycles. The molecule has 3 rings (SSSR count). The highest BCUT2D eigenvalue weighted by Gasteiger charge is 2.25. The van der Waals surface area contributed by atoms with Gasteiger partial charge in [0.25, 0.3) is 5.91 Å². The van der Waals surface area contributed by atoms with E-state index in [9.17, 15) is 19.8 Å². The Bertz CT molecular complexity index is 967. The van der Waals surface area contributed by atoms with Gasteiger partial charge in [0.15, 0.2) is 0 Å². The molecule has 0 unspecified atom stereocenters. The second-order valence-corrected chi connectivity index (χ2v) is 5.80. The number of hydrogen-bond donors (Lipinski definition) is 2. The van der Waals surface area contributed by atoms with E-state index in [1.165, 1.54) is 23.1 Å². The Morgan fingerprint density at radius 2 is 1.50 bits per heavy atom. The van der Waals surface area contributed by atoms with Gasteiger partial charge in [0.1, 0.15) is 5.75 Å². The molecule has 0 spiro atoms. The van der Waals surface area contributed by atoms with E-state index in [-0.39, 0.29) is 22.9 Å². The molecule has 130 valence electrons. The monoisotopic (exact) mass is 347 g/mol. The van der Waals surface area contributed by atoms with E-state index in [0.29, 0.717) is 16.8 Å². The number of carboxylic acid groups (broad SMARTS) is 1. The minimum atomic E-state index is -1.12. The van der Waals surface area contributed by atoms with Crippen molar-refractivity contribution in [1.82, 2.24) is 0 Å². The SMILES string of the molecule is Cc1cc(O)ccc1N(C(=O)c1ccccc1)c1ccccc1C(=O)O. The number of carbonyl (C=O) groups is 2. The number of aromatic carboxylic acids is 1. The molecule has 1 amide bonds. The molecule has 26 heavy (non-hydrogen) atoms. The molecule has 0 aromatic heterocycles. The van der Waals surface area contributed by atoms with Crippen LogP contribution in [0.15, 0.2) is 72.8 Å². The van der Waals surface area contributed by atoms with Gasteiger partial charge in [-0.15, -0.1) is 0 Å². The molecule has 3 aromatic carbocycles. The third-order valence-corrected chi connectivity index (χ3v) is 4.02. The number of aryl methyl sites for hydroxylation is 1. The summed E-state index contributed by atoms with van der Waals surface area (Å²) in [7, 11) is 0. The van der Waals surface area contributed by atoms with E-state index in [2.05, 4.69) is 0 Å². The van der Waals surface area contributed by atoms with E-state index in [4.69, 9.17) is 0 Å². The zero-order valence-electron chi connectivity index (χ0n) is 14.1. The minimum Gasteiger partial charge on any atom is -0.508 e. The second kappa shape index (κ2) is 7.11. The first-order valence-corrected chi connectivity index (χ1v) is 8.00. The highest BCUT2D eigenvalue weighted by atomic mass is 16.4. The van der Waals surface area contributed by atoms with Crippen LogP contribution in [0.5, 0.6) is 5.75 Å². The first-order valence-electron chi connectivity index (χ1n) is 8.00. The van der Waals surface area contributed by atoms with Crippen LogP contribution in [-0.4, -0.2) is 22.1 Å². The number of amides is 1. The molecule has 3 aromatic rings. The van der Waals surface area contributed by atoms with Gasteiger partial charge in [0, 0.05) is 5.56 Å². The third kappa shape index (κ3) is 3.28. The summed E-state index contributed by atoms with van der Waals surface area (Å²) in [5, 5.41) is 19.2. The predicted molar refractivity (Wildman–Crippen MR) is 99.2 cm³/mol. The number of rotatable bonds is 4. The quantitative estimate of drug-likeness (QED) is 0.734. The summed E-state index contributed by atoms with van der Waals surface area (Å²) in [5.74, 6) is -1.40. The number of carbonyl (C=O) groups excluding carboxylic acids is 1. The van der Waals surface area contributed by atoms with Gasteiger partial charge in [0.05, 0.1) is 16.9 Å². The zero-order valence-corrected chi connectivity index (χ0v) is 14.1. The number of phenolic OH excluding ortho intramolecular Hbond substituents is 1. The smallest absolute Gasteiger partial charge is 0.337 e. The van der Waals surface area contributed by atoms with Crippen molar-refractivity contribution in [1.29, 1.82) is 0 Å². The lowest BCUT2D eigenvalue weighted by molar-refractivity contribution is 0.0698. The fourth-order valence-corrected chi connectivity index (χ4v) is 2.80. The van der Waals surface area contributed by atoms with Crippen LogP contribution in [0, 0.1) is 6.92 Å². The fraction of sp³-hybridized carbons (Fsp3) is 0.0476. The van der Waals surface area contributed by atoms with Crippen molar-refractivity contribution in [2.75, 3.05) is 4.90 Å². The van der Waals surface area contributed by atoms with Gasteiger partial charge in [-0.25, -0.2) is 4.79 Å². The maximum Gasteiger partial charge on any atom is 0.337 e. The second-order valence-electron chi connectivity index (χ2n) is 5.80. The number of para-hydroxylation sites is 1. The van der Waals surface area contributed by atoms with Crippen molar-refractivity contribution in [3.8, 4) is 5.75 Å². The third-order valence-electron chi connectivity index (χ3n) is 4.02. The maximum atomic E-state index is 13.2. The molecule has 0 saturated heterocycles. The fourth-order valence-electron chi connectivity index (χ4n) is 2.80. The van der Waals surface area contributed by atoms with Gasteiger partial charge >= 0.3 is 5.97 Å². The molecule has 0 bridgehead atoms. The van der Waals surface area contributed by atoms with Crippen LogP contribution in [0.3, 0.4) is 0 Å². The van der Waals surface area contributed by atoms with Crippen LogP contribution in [0.2, 0.25) is 0 Å². The van der Waals surface area contributed by atoms with Gasteiger partial charge in [-0.2, -0.15) is 0 Å². The van der Waals surface area contributed by atoms with Crippen molar-refractivity contribution in [2.24, 2.45) is 0 Å². The van der Waals surface area contributed by atoms with Crippen LogP contribution in [0.4, 0.5) is 11.4 Å². The molecule has 0 atom stereocenters. The van der Waals surface area contributed by atoms with Crippen LogP contribution >= 0.6 is 0 Å². The van der Waals surface area contributed by atoms with Crippen molar-refractivity contribution in [3.63, 3.8) is 0 Å². The van der Waals surface area contributed by atoms with E-state index in [1.54, 1.807) is 61.5 Å². The first-order chi connectivity index (χ1) is 12.5. The molecule has 0 aliphatic heterocycles. The largest absolute Gasteiger partial charge is 0.508 e. The van der Waals surface area contributed by atoms with Gasteiger partial charge < -0.3 is 10.2 Å². The van der Waals surface area contributed by atoms with Crippen LogP contribution in [0.1, 0.15) is 26.3 Å². The predicted octanol–water partition coefficient (Wildman–Crippen LogP) is 4.38. The van der Waals surface area contributed by atoms with Gasteiger partial charge in [0.2, 0.25) is 0 Å². The molecule has 5 heteroatoms. The lowest BCUT2D eigenvalue weighted by atomic mass is 10.1. The number of phenols is 1. The molecule has 0 aliphatic rings. The lowest BCUT2D eigenvalue weighted by Crippen LogP contribution is -2.28. The lowest BCUT2D eigenvalue weighted by Gasteiger charge is -2.26. The highest BCUT2D eigenvalue weighted by molar-refractivity contribution is 6.14. The number of aromatic hydroxyl groups is 1. The van der Waals surface area contributed by atoms with Crippen molar-refractivity contribution in [2.45, 2.75) is 6.92 Å². The summed E-state index contributed by atoms with van der Waals surface area (Å²) in [4.78, 5) is 26.3. The highest BCUT2D eigenvalue weighted by Crippen LogP contribution is 2.34. The molecule has 0 saturated carbocycles. The zero-order chi connectivity index (χ0) is 18.7. The first kappa shape index (κ1) is 17.2. The normalized spacial score (nSPS) is 10.3.